The van der Waals surface area contributed by atoms with E-state index in [4.69, 9.17) is 10.5 Å². The van der Waals surface area contributed by atoms with Crippen LogP contribution in [0.2, 0.25) is 0 Å². The van der Waals surface area contributed by atoms with Crippen molar-refractivity contribution < 1.29 is 19.4 Å². The molecule has 6 heteroatoms. The summed E-state index contributed by atoms with van der Waals surface area (Å²) in [6.07, 6.45) is -0.255. The molecule has 2 atom stereocenters. The Balaban J connectivity index is 3.06. The summed E-state index contributed by atoms with van der Waals surface area (Å²) < 4.78 is 5.25. The first-order chi connectivity index (χ1) is 10.9. The number of nitrogens with two attached hydrogens (primary N) is 1. The summed E-state index contributed by atoms with van der Waals surface area (Å²) in [5.74, 6) is -1.74. The van der Waals surface area contributed by atoms with Crippen LogP contribution in [0.15, 0.2) is 12.1 Å². The summed E-state index contributed by atoms with van der Waals surface area (Å²) in [7, 11) is 0. The average molecular weight is 336 g/mol. The Morgan fingerprint density at radius 2 is 1.88 bits per heavy atom. The van der Waals surface area contributed by atoms with Crippen LogP contribution in [0, 0.1) is 19.8 Å². The molecular formula is C18H28N2O4. The molecular weight excluding hydrogens is 308 g/mol. The van der Waals surface area contributed by atoms with Crippen LogP contribution >= 0.6 is 0 Å². The van der Waals surface area contributed by atoms with Gasteiger partial charge < -0.3 is 20.9 Å². The zero-order valence-electron chi connectivity index (χ0n) is 15.3. The second kappa shape index (κ2) is 7.55. The topological polar surface area (TPSA) is 102 Å². The van der Waals surface area contributed by atoms with Gasteiger partial charge in [-0.05, 0) is 70.7 Å². The maximum Gasteiger partial charge on any atom is 0.407 e. The number of ether oxygens (including phenoxy) is 1. The van der Waals surface area contributed by atoms with Gasteiger partial charge in [0, 0.05) is 11.7 Å². The van der Waals surface area contributed by atoms with Crippen LogP contribution < -0.4 is 11.1 Å². The average Bonchev–Trinajstić information content (AvgIpc) is 2.43. The Hall–Kier alpha value is -2.24. The van der Waals surface area contributed by atoms with Crippen LogP contribution in [0.3, 0.4) is 0 Å². The van der Waals surface area contributed by atoms with Gasteiger partial charge in [-0.25, -0.2) is 4.79 Å². The third-order valence-electron chi connectivity index (χ3n) is 3.99. The molecule has 1 aromatic carbocycles. The second-order valence-electron chi connectivity index (χ2n) is 7.16. The van der Waals surface area contributed by atoms with Gasteiger partial charge in [-0.3, -0.25) is 4.79 Å². The second-order valence-corrected chi connectivity index (χ2v) is 7.16. The van der Waals surface area contributed by atoms with Crippen molar-refractivity contribution in [3.05, 3.63) is 28.8 Å². The molecule has 0 saturated carbocycles. The highest BCUT2D eigenvalue weighted by atomic mass is 16.6. The summed E-state index contributed by atoms with van der Waals surface area (Å²) in [5.41, 5.74) is 8.82. The van der Waals surface area contributed by atoms with Crippen molar-refractivity contribution in [1.29, 1.82) is 0 Å². The van der Waals surface area contributed by atoms with Crippen molar-refractivity contribution >= 4 is 17.7 Å². The fraction of sp³-hybridized carbons (Fsp3) is 0.556. The first-order valence-corrected chi connectivity index (χ1v) is 7.99. The molecule has 134 valence electrons. The third kappa shape index (κ3) is 5.44. The van der Waals surface area contributed by atoms with Crippen molar-refractivity contribution in [2.75, 3.05) is 5.73 Å². The van der Waals surface area contributed by atoms with E-state index in [1.54, 1.807) is 27.7 Å². The van der Waals surface area contributed by atoms with E-state index in [-0.39, 0.29) is 0 Å². The summed E-state index contributed by atoms with van der Waals surface area (Å²) in [4.78, 5) is 23.5. The zero-order chi connectivity index (χ0) is 18.7. The molecule has 0 heterocycles. The molecule has 1 aromatic rings. The van der Waals surface area contributed by atoms with Gasteiger partial charge in [0.15, 0.2) is 0 Å². The van der Waals surface area contributed by atoms with Gasteiger partial charge >= 0.3 is 12.1 Å². The summed E-state index contributed by atoms with van der Waals surface area (Å²) in [6, 6.07) is 3.12. The number of nitrogen functional groups attached to an aromatic ring is 1. The number of aryl methyl sites for hydroxylation is 1. The van der Waals surface area contributed by atoms with Crippen molar-refractivity contribution in [2.45, 2.75) is 59.6 Å². The Bertz CT molecular complexity index is 620. The Morgan fingerprint density at radius 3 is 2.38 bits per heavy atom. The van der Waals surface area contributed by atoms with E-state index in [1.165, 1.54) is 0 Å². The third-order valence-corrected chi connectivity index (χ3v) is 3.99. The molecule has 0 radical (unpaired) electrons. The number of rotatable bonds is 5. The lowest BCUT2D eigenvalue weighted by molar-refractivity contribution is -0.142. The number of carboxylic acids is 1. The van der Waals surface area contributed by atoms with Crippen LogP contribution in [0.5, 0.6) is 0 Å². The predicted molar refractivity (Wildman–Crippen MR) is 94.0 cm³/mol. The first-order valence-electron chi connectivity index (χ1n) is 7.99. The van der Waals surface area contributed by atoms with E-state index in [0.29, 0.717) is 12.1 Å². The minimum Gasteiger partial charge on any atom is -0.481 e. The van der Waals surface area contributed by atoms with Crippen LogP contribution in [-0.4, -0.2) is 28.8 Å². The maximum absolute atomic E-state index is 12.1. The largest absolute Gasteiger partial charge is 0.481 e. The highest BCUT2D eigenvalue weighted by Gasteiger charge is 2.28. The molecule has 1 unspecified atom stereocenters. The van der Waals surface area contributed by atoms with Gasteiger partial charge in [0.2, 0.25) is 0 Å². The predicted octanol–water partition coefficient (Wildman–Crippen LogP) is 3.04. The van der Waals surface area contributed by atoms with E-state index < -0.39 is 29.6 Å². The lowest BCUT2D eigenvalue weighted by atomic mass is 9.90. The van der Waals surface area contributed by atoms with E-state index >= 15 is 0 Å². The summed E-state index contributed by atoms with van der Waals surface area (Å²) in [5, 5.41) is 12.0. The van der Waals surface area contributed by atoms with E-state index in [9.17, 15) is 14.7 Å². The number of aliphatic carboxylic acids is 1. The number of amides is 1. The number of hydrogen-bond acceptors (Lipinski definition) is 4. The van der Waals surface area contributed by atoms with Crippen LogP contribution in [0.4, 0.5) is 10.5 Å². The summed E-state index contributed by atoms with van der Waals surface area (Å²) >= 11 is 0. The Labute approximate surface area is 143 Å². The standard InChI is InChI=1S/C18H28N2O4/c1-10-7-8-14(19)11(2)13(10)9-15(12(3)16(21)22)20-17(23)24-18(4,5)6/h7-8,12,15H,9,19H2,1-6H3,(H,20,23)(H,21,22)/t12?,15-/m0/s1. The van der Waals surface area contributed by atoms with Crippen LogP contribution in [-0.2, 0) is 16.0 Å². The molecule has 4 N–H and O–H groups in total. The van der Waals surface area contributed by atoms with E-state index in [1.807, 2.05) is 26.0 Å². The molecule has 0 aliphatic carbocycles. The van der Waals surface area contributed by atoms with Gasteiger partial charge in [-0.1, -0.05) is 6.07 Å². The van der Waals surface area contributed by atoms with Crippen molar-refractivity contribution in [3.8, 4) is 0 Å². The quantitative estimate of drug-likeness (QED) is 0.717. The number of carboxylic acid groups (broad SMARTS) is 1. The molecule has 0 saturated heterocycles. The Morgan fingerprint density at radius 1 is 1.29 bits per heavy atom. The van der Waals surface area contributed by atoms with E-state index in [2.05, 4.69) is 5.32 Å². The van der Waals surface area contributed by atoms with Gasteiger partial charge in [-0.15, -0.1) is 0 Å². The van der Waals surface area contributed by atoms with E-state index in [0.717, 1.165) is 16.7 Å². The molecule has 24 heavy (non-hydrogen) atoms. The normalized spacial score (nSPS) is 13.9. The molecule has 0 aromatic heterocycles. The first kappa shape index (κ1) is 19.8. The maximum atomic E-state index is 12.1. The number of benzene rings is 1. The fourth-order valence-corrected chi connectivity index (χ4v) is 2.43. The molecule has 1 amide bonds. The number of anilines is 1. The smallest absolute Gasteiger partial charge is 0.407 e. The molecule has 0 spiro atoms. The molecule has 0 aliphatic heterocycles. The van der Waals surface area contributed by atoms with Crippen molar-refractivity contribution in [1.82, 2.24) is 5.32 Å². The molecule has 1 rings (SSSR count). The van der Waals surface area contributed by atoms with Crippen LogP contribution in [0.1, 0.15) is 44.4 Å². The number of hydrogen-bond donors (Lipinski definition) is 3. The van der Waals surface area contributed by atoms with Gasteiger partial charge in [-0.2, -0.15) is 0 Å². The van der Waals surface area contributed by atoms with Crippen molar-refractivity contribution in [2.24, 2.45) is 5.92 Å². The lowest BCUT2D eigenvalue weighted by Gasteiger charge is -2.27. The number of alkyl carbamates (subject to hydrolysis) is 1. The summed E-state index contributed by atoms with van der Waals surface area (Å²) in [6.45, 7) is 10.7. The molecule has 6 nitrogen and oxygen atoms in total. The highest BCUT2D eigenvalue weighted by molar-refractivity contribution is 5.73. The van der Waals surface area contributed by atoms with Gasteiger partial charge in [0.1, 0.15) is 5.60 Å². The molecule has 0 fully saturated rings. The minimum atomic E-state index is -0.977. The molecule has 0 bridgehead atoms. The number of carbonyl (C=O) groups excluding carboxylic acids is 1. The van der Waals surface area contributed by atoms with Crippen molar-refractivity contribution in [3.63, 3.8) is 0 Å². The van der Waals surface area contributed by atoms with Gasteiger partial charge in [0.05, 0.1) is 5.92 Å². The monoisotopic (exact) mass is 336 g/mol. The number of carbonyl (C=O) groups is 2. The number of nitrogens with one attached hydrogen (secondary N) is 1. The minimum absolute atomic E-state index is 0.370. The SMILES string of the molecule is Cc1ccc(N)c(C)c1C[C@H](NC(=O)OC(C)(C)C)C(C)C(=O)O. The zero-order valence-corrected chi connectivity index (χ0v) is 15.3. The lowest BCUT2D eigenvalue weighted by Crippen LogP contribution is -2.46. The van der Waals surface area contributed by atoms with Crippen LogP contribution in [0.25, 0.3) is 0 Å². The highest BCUT2D eigenvalue weighted by Crippen LogP contribution is 2.23. The fourth-order valence-electron chi connectivity index (χ4n) is 2.43. The Kier molecular flexibility index (Phi) is 6.23. The molecule has 0 aliphatic rings. The van der Waals surface area contributed by atoms with Gasteiger partial charge in [0.25, 0.3) is 0 Å².